The predicted octanol–water partition coefficient (Wildman–Crippen LogP) is 1.88. The topological polar surface area (TPSA) is 79.0 Å². The molecular formula is C12H17N5OV. The minimum Gasteiger partial charge on any atom is -0.651 e. The van der Waals surface area contributed by atoms with Crippen LogP contribution in [-0.4, -0.2) is 44.2 Å². The quantitative estimate of drug-likeness (QED) is 0.392. The molecule has 0 aliphatic carbocycles. The molecule has 7 heteroatoms. The molecule has 0 amide bonds. The first kappa shape index (κ1) is 15.7. The summed E-state index contributed by atoms with van der Waals surface area (Å²) in [5.41, 5.74) is 11.2. The predicted molar refractivity (Wildman–Crippen MR) is 73.0 cm³/mol. The minimum atomic E-state index is 0. The van der Waals surface area contributed by atoms with Crippen LogP contribution in [0.5, 0.6) is 0 Å². The van der Waals surface area contributed by atoms with Gasteiger partial charge in [0.2, 0.25) is 0 Å². The molecule has 0 unspecified atom stereocenters. The van der Waals surface area contributed by atoms with E-state index in [9.17, 15) is 0 Å². The summed E-state index contributed by atoms with van der Waals surface area (Å²) in [5, 5.41) is 8.32. The number of ether oxygens (including phenoxy) is 1. The maximum atomic E-state index is 5.61. The largest absolute Gasteiger partial charge is 2.00 e. The summed E-state index contributed by atoms with van der Waals surface area (Å²) >= 11 is 0. The molecule has 1 aromatic rings. The van der Waals surface area contributed by atoms with Crippen molar-refractivity contribution in [3.63, 3.8) is 0 Å². The van der Waals surface area contributed by atoms with Gasteiger partial charge in [-0.3, -0.25) is 0 Å². The van der Waals surface area contributed by atoms with Crippen LogP contribution in [0.4, 0.5) is 11.4 Å². The molecule has 1 aliphatic heterocycles. The van der Waals surface area contributed by atoms with E-state index < -0.39 is 0 Å². The molecule has 1 radical (unpaired) electrons. The van der Waals surface area contributed by atoms with Crippen LogP contribution in [0, 0.1) is 0 Å². The van der Waals surface area contributed by atoms with Gasteiger partial charge in [0.25, 0.3) is 0 Å². The van der Waals surface area contributed by atoms with Gasteiger partial charge in [0.15, 0.2) is 0 Å². The van der Waals surface area contributed by atoms with Crippen LogP contribution in [0.1, 0.15) is 0 Å². The summed E-state index contributed by atoms with van der Waals surface area (Å²) in [6.07, 6.45) is 0. The molecule has 0 saturated carbocycles. The number of hydrogen-bond donors (Lipinski definition) is 1. The van der Waals surface area contributed by atoms with Crippen molar-refractivity contribution in [2.75, 3.05) is 39.1 Å². The molecule has 19 heavy (non-hydrogen) atoms. The smallest absolute Gasteiger partial charge is 0.651 e. The molecule has 1 saturated heterocycles. The number of nitrogens with two attached hydrogens (primary N) is 1. The first-order chi connectivity index (χ1) is 8.79. The second kappa shape index (κ2) is 7.94. The van der Waals surface area contributed by atoms with Crippen LogP contribution in [0.2, 0.25) is 0 Å². The minimum absolute atomic E-state index is 0. The second-order valence-corrected chi connectivity index (χ2v) is 3.91. The molecule has 1 aliphatic rings. The zero-order valence-corrected chi connectivity index (χ0v) is 12.3. The Hall–Kier alpha value is -1.37. The third kappa shape index (κ3) is 4.67. The SMILES string of the molecule is C[N-]/C(=N\[N-]c1ccc(N)cc1)N1CCOCC1.[V+2]. The van der Waals surface area contributed by atoms with Gasteiger partial charge in [-0.25, -0.2) is 0 Å². The van der Waals surface area contributed by atoms with Gasteiger partial charge in [-0.15, -0.1) is 5.69 Å². The summed E-state index contributed by atoms with van der Waals surface area (Å²) < 4.78 is 5.29. The van der Waals surface area contributed by atoms with E-state index in [1.165, 1.54) is 0 Å². The molecule has 2 rings (SSSR count). The van der Waals surface area contributed by atoms with Crippen LogP contribution in [0.15, 0.2) is 29.4 Å². The van der Waals surface area contributed by atoms with Crippen LogP contribution in [-0.2, 0) is 23.3 Å². The van der Waals surface area contributed by atoms with E-state index in [-0.39, 0.29) is 18.6 Å². The van der Waals surface area contributed by atoms with Gasteiger partial charge in [0, 0.05) is 5.69 Å². The van der Waals surface area contributed by atoms with Crippen molar-refractivity contribution in [3.05, 3.63) is 35.0 Å². The van der Waals surface area contributed by atoms with Crippen molar-refractivity contribution >= 4 is 17.3 Å². The van der Waals surface area contributed by atoms with Crippen molar-refractivity contribution in [2.24, 2.45) is 5.10 Å². The van der Waals surface area contributed by atoms with E-state index >= 15 is 0 Å². The molecule has 6 nitrogen and oxygen atoms in total. The number of guanidine groups is 1. The summed E-state index contributed by atoms with van der Waals surface area (Å²) in [7, 11) is 1.72. The normalized spacial score (nSPS) is 15.6. The first-order valence-electron chi connectivity index (χ1n) is 5.86. The van der Waals surface area contributed by atoms with Crippen molar-refractivity contribution in [1.29, 1.82) is 0 Å². The average molecular weight is 298 g/mol. The molecular weight excluding hydrogens is 281 g/mol. The molecule has 1 fully saturated rings. The summed E-state index contributed by atoms with van der Waals surface area (Å²) in [6.45, 7) is 3.01. The van der Waals surface area contributed by atoms with E-state index in [0.717, 1.165) is 18.8 Å². The van der Waals surface area contributed by atoms with Gasteiger partial charge in [-0.2, -0.15) is 0 Å². The molecule has 0 spiro atoms. The maximum Gasteiger partial charge on any atom is 2.00 e. The van der Waals surface area contributed by atoms with E-state index in [2.05, 4.69) is 20.7 Å². The average Bonchev–Trinajstić information content (AvgIpc) is 2.43. The Morgan fingerprint density at radius 2 is 1.89 bits per heavy atom. The Bertz CT molecular complexity index is 403. The Kier molecular flexibility index (Phi) is 6.55. The van der Waals surface area contributed by atoms with Crippen LogP contribution in [0.25, 0.3) is 10.7 Å². The molecule has 101 valence electrons. The number of anilines is 1. The van der Waals surface area contributed by atoms with Crippen molar-refractivity contribution in [3.8, 4) is 0 Å². The number of benzene rings is 1. The zero-order chi connectivity index (χ0) is 12.8. The van der Waals surface area contributed by atoms with Crippen LogP contribution in [0.3, 0.4) is 0 Å². The van der Waals surface area contributed by atoms with Gasteiger partial charge in [-0.1, -0.05) is 12.1 Å². The van der Waals surface area contributed by atoms with Crippen LogP contribution < -0.4 is 5.73 Å². The first-order valence-corrected chi connectivity index (χ1v) is 5.86. The number of morpholine rings is 1. The number of nitrogens with zero attached hydrogens (tertiary/aromatic N) is 4. The number of nitrogen functional groups attached to an aromatic ring is 1. The molecule has 0 bridgehead atoms. The Labute approximate surface area is 125 Å². The van der Waals surface area contributed by atoms with E-state index in [1.807, 2.05) is 12.1 Å². The fraction of sp³-hybridized carbons (Fsp3) is 0.417. The van der Waals surface area contributed by atoms with Crippen molar-refractivity contribution in [2.45, 2.75) is 0 Å². The maximum absolute atomic E-state index is 5.61. The van der Waals surface area contributed by atoms with Crippen molar-refractivity contribution < 1.29 is 23.3 Å². The number of hydrogen-bond acceptors (Lipinski definition) is 3. The van der Waals surface area contributed by atoms with Gasteiger partial charge in [0.05, 0.1) is 13.2 Å². The molecule has 1 aromatic carbocycles. The Morgan fingerprint density at radius 1 is 1.26 bits per heavy atom. The van der Waals surface area contributed by atoms with E-state index in [1.54, 1.807) is 19.2 Å². The summed E-state index contributed by atoms with van der Waals surface area (Å²) in [5.74, 6) is 0.634. The summed E-state index contributed by atoms with van der Waals surface area (Å²) in [4.78, 5) is 2.06. The van der Waals surface area contributed by atoms with Crippen molar-refractivity contribution in [1.82, 2.24) is 4.90 Å². The molecule has 0 aromatic heterocycles. The van der Waals surface area contributed by atoms with Gasteiger partial charge in [0.1, 0.15) is 0 Å². The number of rotatable bonds is 2. The Balaban J connectivity index is 0.00000180. The van der Waals surface area contributed by atoms with Crippen LogP contribution >= 0.6 is 0 Å². The fourth-order valence-electron chi connectivity index (χ4n) is 1.66. The Morgan fingerprint density at radius 3 is 2.47 bits per heavy atom. The van der Waals surface area contributed by atoms with Gasteiger partial charge < -0.3 is 31.2 Å². The molecule has 1 heterocycles. The van der Waals surface area contributed by atoms with E-state index in [0.29, 0.717) is 24.9 Å². The second-order valence-electron chi connectivity index (χ2n) is 3.91. The third-order valence-electron chi connectivity index (χ3n) is 2.64. The van der Waals surface area contributed by atoms with E-state index in [4.69, 9.17) is 10.5 Å². The molecule has 0 atom stereocenters. The van der Waals surface area contributed by atoms with Gasteiger partial charge in [-0.05, 0) is 38.2 Å². The summed E-state index contributed by atoms with van der Waals surface area (Å²) in [6, 6.07) is 7.24. The zero-order valence-electron chi connectivity index (χ0n) is 10.9. The molecule has 2 N–H and O–H groups in total. The third-order valence-corrected chi connectivity index (χ3v) is 2.64. The monoisotopic (exact) mass is 298 g/mol. The van der Waals surface area contributed by atoms with Gasteiger partial charge >= 0.3 is 18.6 Å². The standard InChI is InChI=1S/C12H17N5O.V/c1-14-12(17-6-8-18-9-7-17)16-15-11-4-2-10(13)3-5-11;/h2-5H,6-9,13H2,1H3;/q-2;+2. The fourth-order valence-corrected chi connectivity index (χ4v) is 1.66.